The first kappa shape index (κ1) is 18.9. The second-order valence-electron chi connectivity index (χ2n) is 6.45. The van der Waals surface area contributed by atoms with Gasteiger partial charge < -0.3 is 5.32 Å². The summed E-state index contributed by atoms with van der Waals surface area (Å²) in [5, 5.41) is 3.32. The summed E-state index contributed by atoms with van der Waals surface area (Å²) in [4.78, 5) is 25.4. The molecule has 0 saturated heterocycles. The standard InChI is InChI=1S/C23H20ClNO2/c1-16(17-8-4-2-5-9-17)14-22(26)25-21-13-12-19(24)15-20(21)23(27)18-10-6-3-7-11-18/h2-13,15-16H,14H2,1H3,(H,25,26)/t16-/m0/s1. The Balaban J connectivity index is 1.79. The minimum atomic E-state index is -0.176. The number of hydrogen-bond acceptors (Lipinski definition) is 2. The van der Waals surface area contributed by atoms with E-state index in [2.05, 4.69) is 5.32 Å². The zero-order chi connectivity index (χ0) is 19.2. The van der Waals surface area contributed by atoms with Crippen LogP contribution in [0.25, 0.3) is 0 Å². The molecule has 0 heterocycles. The van der Waals surface area contributed by atoms with Crippen molar-refractivity contribution in [2.45, 2.75) is 19.3 Å². The second-order valence-corrected chi connectivity index (χ2v) is 6.89. The number of halogens is 1. The van der Waals surface area contributed by atoms with E-state index in [1.54, 1.807) is 42.5 Å². The molecule has 3 nitrogen and oxygen atoms in total. The normalized spacial score (nSPS) is 11.6. The van der Waals surface area contributed by atoms with Crippen molar-refractivity contribution in [1.82, 2.24) is 0 Å². The number of amides is 1. The Hall–Kier alpha value is -2.91. The number of hydrogen-bond donors (Lipinski definition) is 1. The Morgan fingerprint density at radius 3 is 2.22 bits per heavy atom. The molecule has 1 N–H and O–H groups in total. The van der Waals surface area contributed by atoms with Crippen molar-refractivity contribution < 1.29 is 9.59 Å². The summed E-state index contributed by atoms with van der Waals surface area (Å²) in [6, 6.07) is 23.7. The van der Waals surface area contributed by atoms with Gasteiger partial charge in [0.25, 0.3) is 0 Å². The summed E-state index contributed by atoms with van der Waals surface area (Å²) >= 11 is 6.08. The highest BCUT2D eigenvalue weighted by atomic mass is 35.5. The highest BCUT2D eigenvalue weighted by molar-refractivity contribution is 6.31. The minimum Gasteiger partial charge on any atom is -0.325 e. The fraction of sp³-hybridized carbons (Fsp3) is 0.130. The van der Waals surface area contributed by atoms with Crippen molar-refractivity contribution in [3.63, 3.8) is 0 Å². The van der Waals surface area contributed by atoms with Gasteiger partial charge in [-0.1, -0.05) is 79.2 Å². The van der Waals surface area contributed by atoms with Gasteiger partial charge >= 0.3 is 0 Å². The molecule has 0 unspecified atom stereocenters. The predicted molar refractivity (Wildman–Crippen MR) is 109 cm³/mol. The van der Waals surface area contributed by atoms with Crippen LogP contribution in [0.5, 0.6) is 0 Å². The van der Waals surface area contributed by atoms with E-state index in [9.17, 15) is 9.59 Å². The van der Waals surface area contributed by atoms with Crippen molar-refractivity contribution >= 4 is 29.0 Å². The van der Waals surface area contributed by atoms with E-state index in [0.29, 0.717) is 28.3 Å². The summed E-state index contributed by atoms with van der Waals surface area (Å²) in [5.41, 5.74) is 2.50. The van der Waals surface area contributed by atoms with Gasteiger partial charge in [0.05, 0.1) is 5.69 Å². The molecular weight excluding hydrogens is 358 g/mol. The number of carbonyl (C=O) groups is 2. The number of carbonyl (C=O) groups excluding carboxylic acids is 2. The third kappa shape index (κ3) is 4.83. The van der Waals surface area contributed by atoms with E-state index in [4.69, 9.17) is 11.6 Å². The van der Waals surface area contributed by atoms with Gasteiger partial charge in [-0.25, -0.2) is 0 Å². The van der Waals surface area contributed by atoms with E-state index >= 15 is 0 Å². The molecule has 3 aromatic rings. The molecule has 3 rings (SSSR count). The molecule has 1 amide bonds. The van der Waals surface area contributed by atoms with Crippen LogP contribution in [0.4, 0.5) is 5.69 Å². The molecule has 4 heteroatoms. The second kappa shape index (κ2) is 8.65. The molecule has 27 heavy (non-hydrogen) atoms. The van der Waals surface area contributed by atoms with Gasteiger partial charge in [-0.2, -0.15) is 0 Å². The Bertz CT molecular complexity index is 939. The third-order valence-corrected chi connectivity index (χ3v) is 4.63. The summed E-state index contributed by atoms with van der Waals surface area (Å²) in [6.45, 7) is 2.01. The van der Waals surface area contributed by atoms with Crippen molar-refractivity contribution in [2.24, 2.45) is 0 Å². The Labute approximate surface area is 164 Å². The first-order valence-electron chi connectivity index (χ1n) is 8.78. The average Bonchev–Trinajstić information content (AvgIpc) is 2.70. The molecule has 0 spiro atoms. The SMILES string of the molecule is C[C@@H](CC(=O)Nc1ccc(Cl)cc1C(=O)c1ccccc1)c1ccccc1. The van der Waals surface area contributed by atoms with Crippen LogP contribution in [0.15, 0.2) is 78.9 Å². The molecule has 0 radical (unpaired) electrons. The molecule has 1 atom stereocenters. The van der Waals surface area contributed by atoms with Gasteiger partial charge in [0.1, 0.15) is 0 Å². The molecule has 0 fully saturated rings. The molecule has 0 bridgehead atoms. The zero-order valence-electron chi connectivity index (χ0n) is 15.0. The molecule has 136 valence electrons. The Kier molecular flexibility index (Phi) is 6.05. The van der Waals surface area contributed by atoms with Crippen LogP contribution in [0.2, 0.25) is 5.02 Å². The van der Waals surface area contributed by atoms with Gasteiger partial charge in [-0.3, -0.25) is 9.59 Å². The van der Waals surface area contributed by atoms with E-state index in [1.807, 2.05) is 43.3 Å². The van der Waals surface area contributed by atoms with Crippen LogP contribution < -0.4 is 5.32 Å². The lowest BCUT2D eigenvalue weighted by Crippen LogP contribution is -2.17. The average molecular weight is 378 g/mol. The lowest BCUT2D eigenvalue weighted by Gasteiger charge is -2.14. The summed E-state index contributed by atoms with van der Waals surface area (Å²) in [7, 11) is 0. The van der Waals surface area contributed by atoms with Crippen molar-refractivity contribution in [1.29, 1.82) is 0 Å². The maximum absolute atomic E-state index is 12.8. The lowest BCUT2D eigenvalue weighted by molar-refractivity contribution is -0.116. The van der Waals surface area contributed by atoms with Crippen molar-refractivity contribution in [2.75, 3.05) is 5.32 Å². The number of ketones is 1. The van der Waals surface area contributed by atoms with Crippen LogP contribution in [0, 0.1) is 0 Å². The predicted octanol–water partition coefficient (Wildman–Crippen LogP) is 5.70. The van der Waals surface area contributed by atoms with Gasteiger partial charge in [0, 0.05) is 22.6 Å². The summed E-state index contributed by atoms with van der Waals surface area (Å²) in [5.74, 6) is -0.243. The molecule has 0 aliphatic heterocycles. The van der Waals surface area contributed by atoms with Crippen LogP contribution in [-0.4, -0.2) is 11.7 Å². The van der Waals surface area contributed by atoms with Crippen LogP contribution in [-0.2, 0) is 4.79 Å². The van der Waals surface area contributed by atoms with Crippen LogP contribution in [0.1, 0.15) is 40.7 Å². The van der Waals surface area contributed by atoms with Gasteiger partial charge in [-0.05, 0) is 29.7 Å². The summed E-state index contributed by atoms with van der Waals surface area (Å²) < 4.78 is 0. The van der Waals surface area contributed by atoms with Crippen LogP contribution in [0.3, 0.4) is 0 Å². The van der Waals surface area contributed by atoms with Crippen molar-refractivity contribution in [3.05, 3.63) is 101 Å². The Morgan fingerprint density at radius 1 is 0.926 bits per heavy atom. The fourth-order valence-corrected chi connectivity index (χ4v) is 3.11. The molecule has 0 saturated carbocycles. The highest BCUT2D eigenvalue weighted by Crippen LogP contribution is 2.25. The third-order valence-electron chi connectivity index (χ3n) is 4.40. The maximum Gasteiger partial charge on any atom is 0.224 e. The first-order valence-corrected chi connectivity index (χ1v) is 9.16. The number of rotatable bonds is 6. The molecule has 0 aliphatic rings. The van der Waals surface area contributed by atoms with E-state index < -0.39 is 0 Å². The Morgan fingerprint density at radius 2 is 1.56 bits per heavy atom. The summed E-state index contributed by atoms with van der Waals surface area (Å²) in [6.07, 6.45) is 0.325. The molecular formula is C23H20ClNO2. The van der Waals surface area contributed by atoms with Crippen molar-refractivity contribution in [3.8, 4) is 0 Å². The van der Waals surface area contributed by atoms with E-state index in [1.165, 1.54) is 0 Å². The van der Waals surface area contributed by atoms with Crippen LogP contribution >= 0.6 is 11.6 Å². The van der Waals surface area contributed by atoms with Gasteiger partial charge in [-0.15, -0.1) is 0 Å². The quantitative estimate of drug-likeness (QED) is 0.560. The zero-order valence-corrected chi connectivity index (χ0v) is 15.7. The minimum absolute atomic E-state index is 0.0757. The van der Waals surface area contributed by atoms with E-state index in [-0.39, 0.29) is 17.6 Å². The number of benzene rings is 3. The largest absolute Gasteiger partial charge is 0.325 e. The van der Waals surface area contributed by atoms with Gasteiger partial charge in [0.15, 0.2) is 5.78 Å². The fourth-order valence-electron chi connectivity index (χ4n) is 2.94. The monoisotopic (exact) mass is 377 g/mol. The number of anilines is 1. The molecule has 0 aliphatic carbocycles. The number of nitrogens with one attached hydrogen (secondary N) is 1. The van der Waals surface area contributed by atoms with E-state index in [0.717, 1.165) is 5.56 Å². The maximum atomic E-state index is 12.8. The first-order chi connectivity index (χ1) is 13.0. The lowest BCUT2D eigenvalue weighted by atomic mass is 9.97. The molecule has 0 aromatic heterocycles. The topological polar surface area (TPSA) is 46.2 Å². The molecule has 3 aromatic carbocycles. The smallest absolute Gasteiger partial charge is 0.224 e. The van der Waals surface area contributed by atoms with Gasteiger partial charge in [0.2, 0.25) is 5.91 Å². The highest BCUT2D eigenvalue weighted by Gasteiger charge is 2.17.